The Balaban J connectivity index is 1.61. The van der Waals surface area contributed by atoms with Crippen molar-refractivity contribution in [1.82, 2.24) is 5.32 Å². The Hall–Kier alpha value is -2.69. The molecule has 2 aromatic rings. The molecule has 0 bridgehead atoms. The molecule has 1 saturated carbocycles. The number of benzene rings is 2. The van der Waals surface area contributed by atoms with E-state index >= 15 is 0 Å². The molecule has 1 aliphatic carbocycles. The summed E-state index contributed by atoms with van der Waals surface area (Å²) in [5.74, 6) is -0.485. The molecule has 118 valence electrons. The number of hydrogen-bond acceptors (Lipinski definition) is 2. The summed E-state index contributed by atoms with van der Waals surface area (Å²) in [7, 11) is 0. The van der Waals surface area contributed by atoms with Gasteiger partial charge in [0.2, 0.25) is 5.91 Å². The van der Waals surface area contributed by atoms with Gasteiger partial charge in [0.25, 0.3) is 5.91 Å². The van der Waals surface area contributed by atoms with E-state index in [9.17, 15) is 14.0 Å². The van der Waals surface area contributed by atoms with E-state index in [0.717, 1.165) is 12.8 Å². The molecule has 2 aromatic carbocycles. The molecule has 5 heteroatoms. The van der Waals surface area contributed by atoms with Gasteiger partial charge in [-0.15, -0.1) is 0 Å². The minimum Gasteiger partial charge on any atom is -0.348 e. The van der Waals surface area contributed by atoms with Crippen LogP contribution in [0.15, 0.2) is 48.5 Å². The third kappa shape index (κ3) is 4.16. The molecule has 0 spiro atoms. The second-order valence-corrected chi connectivity index (χ2v) is 5.66. The predicted molar refractivity (Wildman–Crippen MR) is 85.4 cm³/mol. The van der Waals surface area contributed by atoms with E-state index in [1.54, 1.807) is 36.4 Å². The molecule has 3 rings (SSSR count). The summed E-state index contributed by atoms with van der Waals surface area (Å²) < 4.78 is 13.1. The van der Waals surface area contributed by atoms with Crippen molar-refractivity contribution in [2.75, 3.05) is 5.32 Å². The number of carbonyl (C=O) groups is 2. The van der Waals surface area contributed by atoms with E-state index in [4.69, 9.17) is 0 Å². The van der Waals surface area contributed by atoms with Crippen LogP contribution < -0.4 is 10.6 Å². The fraction of sp³-hybridized carbons (Fsp3) is 0.222. The first-order valence-electron chi connectivity index (χ1n) is 7.55. The average molecular weight is 312 g/mol. The van der Waals surface area contributed by atoms with Crippen molar-refractivity contribution in [2.45, 2.75) is 19.4 Å². The van der Waals surface area contributed by atoms with Crippen LogP contribution in [0.25, 0.3) is 0 Å². The SMILES string of the molecule is O=C(NCc1cccc(F)c1)c1cccc(NC(=O)C2CC2)c1. The maximum Gasteiger partial charge on any atom is 0.251 e. The lowest BCUT2D eigenvalue weighted by Gasteiger charge is -2.08. The number of nitrogens with one attached hydrogen (secondary N) is 2. The summed E-state index contributed by atoms with van der Waals surface area (Å²) in [6.07, 6.45) is 1.86. The van der Waals surface area contributed by atoms with Crippen molar-refractivity contribution in [3.63, 3.8) is 0 Å². The molecule has 1 aliphatic rings. The molecule has 4 nitrogen and oxygen atoms in total. The summed E-state index contributed by atoms with van der Waals surface area (Å²) in [4.78, 5) is 23.9. The first-order valence-corrected chi connectivity index (χ1v) is 7.55. The third-order valence-corrected chi connectivity index (χ3v) is 3.68. The number of hydrogen-bond donors (Lipinski definition) is 2. The minimum atomic E-state index is -0.332. The highest BCUT2D eigenvalue weighted by atomic mass is 19.1. The van der Waals surface area contributed by atoms with Crippen molar-refractivity contribution in [1.29, 1.82) is 0 Å². The zero-order valence-electron chi connectivity index (χ0n) is 12.5. The van der Waals surface area contributed by atoms with Gasteiger partial charge in [-0.2, -0.15) is 0 Å². The van der Waals surface area contributed by atoms with Crippen molar-refractivity contribution in [3.05, 3.63) is 65.5 Å². The van der Waals surface area contributed by atoms with Crippen molar-refractivity contribution in [2.24, 2.45) is 5.92 Å². The molecule has 0 saturated heterocycles. The van der Waals surface area contributed by atoms with Crippen LogP contribution in [0.3, 0.4) is 0 Å². The van der Waals surface area contributed by atoms with E-state index in [2.05, 4.69) is 10.6 Å². The topological polar surface area (TPSA) is 58.2 Å². The van der Waals surface area contributed by atoms with Crippen LogP contribution in [-0.2, 0) is 11.3 Å². The standard InChI is InChI=1S/C18H17FN2O2/c19-15-5-1-3-12(9-15)11-20-17(22)14-4-2-6-16(10-14)21-18(23)13-7-8-13/h1-6,9-10,13H,7-8,11H2,(H,20,22)(H,21,23). The highest BCUT2D eigenvalue weighted by Gasteiger charge is 2.29. The molecule has 23 heavy (non-hydrogen) atoms. The highest BCUT2D eigenvalue weighted by Crippen LogP contribution is 2.30. The monoisotopic (exact) mass is 312 g/mol. The van der Waals surface area contributed by atoms with E-state index < -0.39 is 0 Å². The Labute approximate surface area is 133 Å². The second-order valence-electron chi connectivity index (χ2n) is 5.66. The summed E-state index contributed by atoms with van der Waals surface area (Å²) in [6, 6.07) is 12.9. The van der Waals surface area contributed by atoms with Gasteiger partial charge in [-0.05, 0) is 48.7 Å². The first kappa shape index (κ1) is 15.2. The van der Waals surface area contributed by atoms with Crippen LogP contribution in [0.1, 0.15) is 28.8 Å². The largest absolute Gasteiger partial charge is 0.348 e. The van der Waals surface area contributed by atoms with Crippen molar-refractivity contribution >= 4 is 17.5 Å². The quantitative estimate of drug-likeness (QED) is 0.891. The van der Waals surface area contributed by atoms with E-state index in [1.807, 2.05) is 0 Å². The van der Waals surface area contributed by atoms with Gasteiger partial charge in [0.15, 0.2) is 0 Å². The number of rotatable bonds is 5. The molecular formula is C18H17FN2O2. The average Bonchev–Trinajstić information content (AvgIpc) is 3.38. The van der Waals surface area contributed by atoms with Gasteiger partial charge in [-0.25, -0.2) is 4.39 Å². The summed E-state index contributed by atoms with van der Waals surface area (Å²) >= 11 is 0. The van der Waals surface area contributed by atoms with Crippen molar-refractivity contribution in [3.8, 4) is 0 Å². The number of amides is 2. The predicted octanol–water partition coefficient (Wildman–Crippen LogP) is 3.10. The van der Waals surface area contributed by atoms with Gasteiger partial charge in [-0.1, -0.05) is 18.2 Å². The Morgan fingerprint density at radius 2 is 1.87 bits per heavy atom. The summed E-state index contributed by atoms with van der Waals surface area (Å²) in [5.41, 5.74) is 1.76. The smallest absolute Gasteiger partial charge is 0.251 e. The molecule has 0 atom stereocenters. The van der Waals surface area contributed by atoms with Crippen LogP contribution >= 0.6 is 0 Å². The van der Waals surface area contributed by atoms with Gasteiger partial charge >= 0.3 is 0 Å². The van der Waals surface area contributed by atoms with E-state index in [0.29, 0.717) is 16.8 Å². The maximum atomic E-state index is 13.1. The van der Waals surface area contributed by atoms with E-state index in [-0.39, 0.29) is 30.1 Å². The normalized spacial score (nSPS) is 13.4. The molecule has 0 aromatic heterocycles. The number of halogens is 1. The van der Waals surface area contributed by atoms with Crippen LogP contribution in [-0.4, -0.2) is 11.8 Å². The Bertz CT molecular complexity index is 741. The van der Waals surface area contributed by atoms with Crippen LogP contribution in [0, 0.1) is 11.7 Å². The number of carbonyl (C=O) groups excluding carboxylic acids is 2. The molecule has 2 amide bonds. The van der Waals surface area contributed by atoms with E-state index in [1.165, 1.54) is 12.1 Å². The van der Waals surface area contributed by atoms with Crippen LogP contribution in [0.5, 0.6) is 0 Å². The van der Waals surface area contributed by atoms with Gasteiger partial charge in [-0.3, -0.25) is 9.59 Å². The zero-order valence-corrected chi connectivity index (χ0v) is 12.5. The molecule has 1 fully saturated rings. The Morgan fingerprint density at radius 1 is 1.09 bits per heavy atom. The van der Waals surface area contributed by atoms with Crippen LogP contribution in [0.2, 0.25) is 0 Å². The zero-order chi connectivity index (χ0) is 16.2. The molecule has 0 heterocycles. The molecule has 0 unspecified atom stereocenters. The van der Waals surface area contributed by atoms with Gasteiger partial charge in [0, 0.05) is 23.7 Å². The van der Waals surface area contributed by atoms with Gasteiger partial charge in [0.1, 0.15) is 5.82 Å². The molecular weight excluding hydrogens is 295 g/mol. The highest BCUT2D eigenvalue weighted by molar-refractivity contribution is 5.98. The van der Waals surface area contributed by atoms with Crippen molar-refractivity contribution < 1.29 is 14.0 Å². The molecule has 0 aliphatic heterocycles. The van der Waals surface area contributed by atoms with Crippen LogP contribution in [0.4, 0.5) is 10.1 Å². The lowest BCUT2D eigenvalue weighted by Crippen LogP contribution is -2.23. The maximum absolute atomic E-state index is 13.1. The van der Waals surface area contributed by atoms with Gasteiger partial charge < -0.3 is 10.6 Å². The van der Waals surface area contributed by atoms with Gasteiger partial charge in [0.05, 0.1) is 0 Å². The lowest BCUT2D eigenvalue weighted by atomic mass is 10.1. The number of anilines is 1. The Kier molecular flexibility index (Phi) is 4.37. The molecule has 0 radical (unpaired) electrons. The summed E-state index contributed by atoms with van der Waals surface area (Å²) in [5, 5.41) is 5.55. The summed E-state index contributed by atoms with van der Waals surface area (Å²) in [6.45, 7) is 0.245. The fourth-order valence-corrected chi connectivity index (χ4v) is 2.26. The third-order valence-electron chi connectivity index (χ3n) is 3.68. The minimum absolute atomic E-state index is 0.00215. The molecule has 2 N–H and O–H groups in total. The fourth-order valence-electron chi connectivity index (χ4n) is 2.26. The second kappa shape index (κ2) is 6.60. The first-order chi connectivity index (χ1) is 11.1. The lowest BCUT2D eigenvalue weighted by molar-refractivity contribution is -0.117. The Morgan fingerprint density at radius 3 is 2.61 bits per heavy atom.